The molecule has 0 bridgehead atoms. The largest absolute Gasteiger partial charge is 0.481 e. The molecule has 3 unspecified atom stereocenters. The van der Waals surface area contributed by atoms with Crippen molar-refractivity contribution in [2.75, 3.05) is 26.9 Å². The molecular formula is C11H20N2O5. The van der Waals surface area contributed by atoms with E-state index in [4.69, 9.17) is 20.3 Å². The average Bonchev–Trinajstić information content (AvgIpc) is 2.65. The van der Waals surface area contributed by atoms with E-state index in [0.29, 0.717) is 6.61 Å². The van der Waals surface area contributed by atoms with Crippen LogP contribution < -0.4 is 11.1 Å². The summed E-state index contributed by atoms with van der Waals surface area (Å²) in [6.07, 6.45) is -0.704. The second-order valence-corrected chi connectivity index (χ2v) is 4.70. The van der Waals surface area contributed by atoms with E-state index in [1.165, 1.54) is 7.11 Å². The monoisotopic (exact) mass is 260 g/mol. The first kappa shape index (κ1) is 14.9. The molecule has 104 valence electrons. The van der Waals surface area contributed by atoms with Crippen LogP contribution in [0.3, 0.4) is 0 Å². The summed E-state index contributed by atoms with van der Waals surface area (Å²) < 4.78 is 10.2. The molecule has 3 atom stereocenters. The number of aliphatic carboxylic acids is 1. The van der Waals surface area contributed by atoms with E-state index in [-0.39, 0.29) is 31.5 Å². The lowest BCUT2D eigenvalue weighted by atomic mass is 9.85. The van der Waals surface area contributed by atoms with Crippen LogP contribution in [0.4, 0.5) is 0 Å². The van der Waals surface area contributed by atoms with E-state index in [1.807, 2.05) is 0 Å². The summed E-state index contributed by atoms with van der Waals surface area (Å²) in [7, 11) is 1.41. The van der Waals surface area contributed by atoms with E-state index < -0.39 is 17.5 Å². The highest BCUT2D eigenvalue weighted by molar-refractivity contribution is 5.83. The molecule has 0 radical (unpaired) electrons. The number of hydrogen-bond donors (Lipinski definition) is 3. The van der Waals surface area contributed by atoms with E-state index >= 15 is 0 Å². The van der Waals surface area contributed by atoms with Crippen LogP contribution in [0.25, 0.3) is 0 Å². The van der Waals surface area contributed by atoms with Crippen LogP contribution in [0.1, 0.15) is 13.3 Å². The van der Waals surface area contributed by atoms with Crippen molar-refractivity contribution < 1.29 is 24.2 Å². The number of ether oxygens (including phenoxy) is 2. The molecule has 1 aliphatic heterocycles. The molecule has 1 rings (SSSR count). The molecule has 0 aliphatic carbocycles. The smallest absolute Gasteiger partial charge is 0.306 e. The number of nitrogens with one attached hydrogen (secondary N) is 1. The van der Waals surface area contributed by atoms with Gasteiger partial charge in [0.1, 0.15) is 0 Å². The van der Waals surface area contributed by atoms with Crippen LogP contribution in [0, 0.1) is 5.41 Å². The Morgan fingerprint density at radius 3 is 2.78 bits per heavy atom. The van der Waals surface area contributed by atoms with Crippen molar-refractivity contribution in [2.24, 2.45) is 11.1 Å². The lowest BCUT2D eigenvalue weighted by Gasteiger charge is -2.26. The molecule has 1 saturated heterocycles. The minimum atomic E-state index is -0.969. The molecule has 18 heavy (non-hydrogen) atoms. The van der Waals surface area contributed by atoms with Crippen LogP contribution in [0.15, 0.2) is 0 Å². The fraction of sp³-hybridized carbons (Fsp3) is 0.818. The molecule has 7 nitrogen and oxygen atoms in total. The molecule has 0 aromatic carbocycles. The number of hydrogen-bond acceptors (Lipinski definition) is 5. The van der Waals surface area contributed by atoms with Crippen LogP contribution in [0.2, 0.25) is 0 Å². The zero-order valence-corrected chi connectivity index (χ0v) is 10.6. The first-order valence-electron chi connectivity index (χ1n) is 5.76. The molecule has 4 N–H and O–H groups in total. The number of carboxylic acids is 1. The predicted molar refractivity (Wildman–Crippen MR) is 63.0 cm³/mol. The van der Waals surface area contributed by atoms with E-state index in [9.17, 15) is 9.59 Å². The third-order valence-corrected chi connectivity index (χ3v) is 3.26. The molecule has 1 aliphatic rings. The fourth-order valence-electron chi connectivity index (χ4n) is 1.76. The van der Waals surface area contributed by atoms with Gasteiger partial charge in [-0.2, -0.15) is 0 Å². The van der Waals surface area contributed by atoms with Gasteiger partial charge in [-0.05, 0) is 6.92 Å². The molecule has 0 aromatic rings. The van der Waals surface area contributed by atoms with E-state index in [2.05, 4.69) is 5.32 Å². The number of carboxylic acid groups (broad SMARTS) is 1. The number of carbonyl (C=O) groups excluding carboxylic acids is 1. The Balaban J connectivity index is 2.47. The van der Waals surface area contributed by atoms with Crippen molar-refractivity contribution in [3.8, 4) is 0 Å². The summed E-state index contributed by atoms with van der Waals surface area (Å²) in [4.78, 5) is 22.6. The van der Waals surface area contributed by atoms with Crippen LogP contribution in [-0.2, 0) is 19.1 Å². The van der Waals surface area contributed by atoms with Crippen LogP contribution in [-0.4, -0.2) is 56.0 Å². The Labute approximate surface area is 106 Å². The van der Waals surface area contributed by atoms with Gasteiger partial charge >= 0.3 is 5.97 Å². The fourth-order valence-corrected chi connectivity index (χ4v) is 1.76. The molecule has 0 aromatic heterocycles. The van der Waals surface area contributed by atoms with Crippen molar-refractivity contribution in [3.63, 3.8) is 0 Å². The minimum absolute atomic E-state index is 0.143. The molecule has 0 saturated carbocycles. The SMILES string of the molecule is COC(CNC(=O)C1(C)COCC1N)CC(=O)O. The van der Waals surface area contributed by atoms with Gasteiger partial charge < -0.3 is 25.6 Å². The zero-order chi connectivity index (χ0) is 13.8. The second-order valence-electron chi connectivity index (χ2n) is 4.70. The van der Waals surface area contributed by atoms with E-state index in [0.717, 1.165) is 0 Å². The Morgan fingerprint density at radius 2 is 2.33 bits per heavy atom. The van der Waals surface area contributed by atoms with Gasteiger partial charge in [-0.3, -0.25) is 9.59 Å². The molecule has 1 fully saturated rings. The number of rotatable bonds is 6. The Morgan fingerprint density at radius 1 is 1.67 bits per heavy atom. The van der Waals surface area contributed by atoms with Crippen molar-refractivity contribution >= 4 is 11.9 Å². The maximum absolute atomic E-state index is 12.0. The summed E-state index contributed by atoms with van der Waals surface area (Å²) in [5, 5.41) is 11.3. The number of methoxy groups -OCH3 is 1. The third-order valence-electron chi connectivity index (χ3n) is 3.26. The molecule has 7 heteroatoms. The highest BCUT2D eigenvalue weighted by Gasteiger charge is 2.44. The quantitative estimate of drug-likeness (QED) is 0.562. The minimum Gasteiger partial charge on any atom is -0.481 e. The van der Waals surface area contributed by atoms with E-state index in [1.54, 1.807) is 6.92 Å². The van der Waals surface area contributed by atoms with Gasteiger partial charge in [-0.25, -0.2) is 0 Å². The highest BCUT2D eigenvalue weighted by Crippen LogP contribution is 2.27. The van der Waals surface area contributed by atoms with Gasteiger partial charge in [0, 0.05) is 19.7 Å². The van der Waals surface area contributed by atoms with Crippen molar-refractivity contribution in [2.45, 2.75) is 25.5 Å². The highest BCUT2D eigenvalue weighted by atomic mass is 16.5. The maximum atomic E-state index is 12.0. The summed E-state index contributed by atoms with van der Waals surface area (Å²) in [6, 6.07) is -0.349. The average molecular weight is 260 g/mol. The zero-order valence-electron chi connectivity index (χ0n) is 10.6. The first-order valence-corrected chi connectivity index (χ1v) is 5.76. The van der Waals surface area contributed by atoms with Crippen LogP contribution in [0.5, 0.6) is 0 Å². The van der Waals surface area contributed by atoms with Gasteiger partial charge in [0.25, 0.3) is 0 Å². The van der Waals surface area contributed by atoms with Crippen molar-refractivity contribution in [1.82, 2.24) is 5.32 Å². The lowest BCUT2D eigenvalue weighted by Crippen LogP contribution is -2.51. The summed E-state index contributed by atoms with van der Waals surface area (Å²) in [5.74, 6) is -1.21. The van der Waals surface area contributed by atoms with Gasteiger partial charge in [0.05, 0.1) is 31.2 Å². The topological polar surface area (TPSA) is 111 Å². The number of carbonyl (C=O) groups is 2. The van der Waals surface area contributed by atoms with Crippen molar-refractivity contribution in [3.05, 3.63) is 0 Å². The predicted octanol–water partition coefficient (Wildman–Crippen LogP) is -1.04. The molecule has 0 spiro atoms. The Kier molecular flexibility index (Phi) is 5.06. The molecular weight excluding hydrogens is 240 g/mol. The molecule has 1 heterocycles. The molecule has 1 amide bonds. The standard InChI is InChI=1S/C11H20N2O5/c1-11(6-18-5-8(11)12)10(16)13-4-7(17-2)3-9(14)15/h7-8H,3-6,12H2,1-2H3,(H,13,16)(H,14,15). The van der Waals surface area contributed by atoms with Gasteiger partial charge in [0.15, 0.2) is 0 Å². The number of amides is 1. The summed E-state index contributed by atoms with van der Waals surface area (Å²) >= 11 is 0. The van der Waals surface area contributed by atoms with Crippen LogP contribution >= 0.6 is 0 Å². The normalized spacial score (nSPS) is 28.9. The maximum Gasteiger partial charge on any atom is 0.306 e. The Hall–Kier alpha value is -1.18. The summed E-state index contributed by atoms with van der Waals surface area (Å²) in [6.45, 7) is 2.51. The van der Waals surface area contributed by atoms with Crippen molar-refractivity contribution in [1.29, 1.82) is 0 Å². The number of nitrogens with two attached hydrogens (primary N) is 1. The van der Waals surface area contributed by atoms with Gasteiger partial charge in [-0.15, -0.1) is 0 Å². The lowest BCUT2D eigenvalue weighted by molar-refractivity contribution is -0.140. The third kappa shape index (κ3) is 3.41. The van der Waals surface area contributed by atoms with Gasteiger partial charge in [0.2, 0.25) is 5.91 Å². The first-order chi connectivity index (χ1) is 8.40. The Bertz CT molecular complexity index is 323. The van der Waals surface area contributed by atoms with Gasteiger partial charge in [-0.1, -0.05) is 0 Å². The summed E-state index contributed by atoms with van der Waals surface area (Å²) in [5.41, 5.74) is 5.06. The second kappa shape index (κ2) is 6.12.